The predicted octanol–water partition coefficient (Wildman–Crippen LogP) is 4.06. The van der Waals surface area contributed by atoms with Crippen LogP contribution >= 0.6 is 0 Å². The molecule has 0 saturated carbocycles. The molecule has 1 aliphatic carbocycles. The van der Waals surface area contributed by atoms with Crippen molar-refractivity contribution in [2.75, 3.05) is 0 Å². The van der Waals surface area contributed by atoms with Gasteiger partial charge in [0, 0.05) is 18.0 Å². The number of hydrogen-bond acceptors (Lipinski definition) is 4. The lowest BCUT2D eigenvalue weighted by Gasteiger charge is -2.42. The van der Waals surface area contributed by atoms with E-state index < -0.39 is 5.97 Å². The number of benzene rings is 1. The Kier molecular flexibility index (Phi) is 4.21. The number of carboxylic acid groups (broad SMARTS) is 1. The average Bonchev–Trinajstić information content (AvgIpc) is 2.58. The van der Waals surface area contributed by atoms with E-state index in [-0.39, 0.29) is 28.0 Å². The highest BCUT2D eigenvalue weighted by Crippen LogP contribution is 2.46. The lowest BCUT2D eigenvalue weighted by molar-refractivity contribution is 0.0695. The van der Waals surface area contributed by atoms with E-state index >= 15 is 0 Å². The number of aryl methyl sites for hydroxylation is 1. The second kappa shape index (κ2) is 6.01. The fourth-order valence-corrected chi connectivity index (χ4v) is 3.64. The molecule has 1 heterocycles. The lowest BCUT2D eigenvalue weighted by atomic mass is 9.62. The molecule has 1 aliphatic rings. The number of carbonyl (C=O) groups is 2. The van der Waals surface area contributed by atoms with Crippen molar-refractivity contribution in [2.24, 2.45) is 0 Å². The zero-order chi connectivity index (χ0) is 19.3. The van der Waals surface area contributed by atoms with Crippen molar-refractivity contribution in [3.8, 4) is 0 Å². The predicted molar refractivity (Wildman–Crippen MR) is 98.9 cm³/mol. The van der Waals surface area contributed by atoms with Gasteiger partial charge >= 0.3 is 5.97 Å². The quantitative estimate of drug-likeness (QED) is 0.843. The van der Waals surface area contributed by atoms with Gasteiger partial charge in [0.2, 0.25) is 11.6 Å². The fourth-order valence-electron chi connectivity index (χ4n) is 3.64. The molecule has 5 nitrogen and oxygen atoms in total. The zero-order valence-corrected chi connectivity index (χ0v) is 15.9. The van der Waals surface area contributed by atoms with Crippen molar-refractivity contribution >= 4 is 11.8 Å². The Morgan fingerprint density at radius 1 is 0.962 bits per heavy atom. The van der Waals surface area contributed by atoms with Crippen LogP contribution in [0.25, 0.3) is 0 Å². The van der Waals surface area contributed by atoms with Crippen molar-refractivity contribution in [2.45, 2.75) is 58.3 Å². The Morgan fingerprint density at radius 3 is 1.96 bits per heavy atom. The van der Waals surface area contributed by atoms with Crippen LogP contribution in [0, 0.1) is 6.92 Å². The van der Waals surface area contributed by atoms with E-state index in [1.807, 2.05) is 13.0 Å². The summed E-state index contributed by atoms with van der Waals surface area (Å²) in [6.45, 7) is 10.8. The third-order valence-corrected chi connectivity index (χ3v) is 5.54. The highest BCUT2D eigenvalue weighted by atomic mass is 16.4. The van der Waals surface area contributed by atoms with Crippen molar-refractivity contribution in [3.63, 3.8) is 0 Å². The molecule has 3 rings (SSSR count). The first-order valence-corrected chi connectivity index (χ1v) is 8.78. The molecule has 1 aromatic carbocycles. The van der Waals surface area contributed by atoms with E-state index in [4.69, 9.17) is 5.11 Å². The van der Waals surface area contributed by atoms with E-state index in [0.717, 1.165) is 18.4 Å². The first-order chi connectivity index (χ1) is 12.0. The third-order valence-electron chi connectivity index (χ3n) is 5.54. The monoisotopic (exact) mass is 352 g/mol. The van der Waals surface area contributed by atoms with Gasteiger partial charge in [0.15, 0.2) is 0 Å². The summed E-state index contributed by atoms with van der Waals surface area (Å²) >= 11 is 0. The number of carboxylic acids is 1. The van der Waals surface area contributed by atoms with Gasteiger partial charge in [-0.3, -0.25) is 4.79 Å². The fraction of sp³-hybridized carbons (Fsp3) is 0.429. The molecule has 0 bridgehead atoms. The van der Waals surface area contributed by atoms with Gasteiger partial charge in [0.25, 0.3) is 0 Å². The molecule has 5 heteroatoms. The minimum Gasteiger partial charge on any atom is -0.478 e. The summed E-state index contributed by atoms with van der Waals surface area (Å²) in [4.78, 5) is 31.8. The molecule has 26 heavy (non-hydrogen) atoms. The van der Waals surface area contributed by atoms with Gasteiger partial charge in [-0.1, -0.05) is 33.8 Å². The Hall–Kier alpha value is -2.56. The molecule has 0 amide bonds. The van der Waals surface area contributed by atoms with Gasteiger partial charge in [-0.2, -0.15) is 0 Å². The van der Waals surface area contributed by atoms with Crippen molar-refractivity contribution < 1.29 is 14.7 Å². The molecule has 0 aliphatic heterocycles. The van der Waals surface area contributed by atoms with Crippen LogP contribution in [0.4, 0.5) is 0 Å². The van der Waals surface area contributed by atoms with Crippen LogP contribution in [0.3, 0.4) is 0 Å². The van der Waals surface area contributed by atoms with Crippen LogP contribution < -0.4 is 0 Å². The first kappa shape index (κ1) is 18.2. The third kappa shape index (κ3) is 3.02. The smallest absolute Gasteiger partial charge is 0.338 e. The van der Waals surface area contributed by atoms with Crippen molar-refractivity contribution in [3.05, 3.63) is 58.2 Å². The van der Waals surface area contributed by atoms with Crippen LogP contribution in [0.5, 0.6) is 0 Å². The minimum absolute atomic E-state index is 0.00159. The van der Waals surface area contributed by atoms with Gasteiger partial charge in [-0.25, -0.2) is 14.8 Å². The molecule has 136 valence electrons. The number of aromatic carboxylic acids is 1. The maximum Gasteiger partial charge on any atom is 0.338 e. The summed E-state index contributed by atoms with van der Waals surface area (Å²) in [6.07, 6.45) is 4.51. The maximum atomic E-state index is 12.9. The molecule has 0 saturated heterocycles. The summed E-state index contributed by atoms with van der Waals surface area (Å²) in [7, 11) is 0. The average molecular weight is 352 g/mol. The number of carbonyl (C=O) groups excluding carboxylic acids is 1. The van der Waals surface area contributed by atoms with Gasteiger partial charge in [-0.15, -0.1) is 0 Å². The van der Waals surface area contributed by atoms with Gasteiger partial charge in [0.1, 0.15) is 0 Å². The Labute approximate surface area is 153 Å². The largest absolute Gasteiger partial charge is 0.478 e. The number of fused-ring (bicyclic) bond motifs is 1. The van der Waals surface area contributed by atoms with E-state index in [1.165, 1.54) is 23.5 Å². The maximum absolute atomic E-state index is 12.9. The summed E-state index contributed by atoms with van der Waals surface area (Å²) in [5.41, 5.74) is 4.02. The molecule has 1 N–H and O–H groups in total. The molecule has 0 atom stereocenters. The Bertz CT molecular complexity index is 896. The zero-order valence-electron chi connectivity index (χ0n) is 15.9. The van der Waals surface area contributed by atoms with Crippen LogP contribution in [-0.4, -0.2) is 26.8 Å². The number of nitrogens with zero attached hydrogens (tertiary/aromatic N) is 2. The Morgan fingerprint density at radius 2 is 1.46 bits per heavy atom. The molecule has 0 radical (unpaired) electrons. The molecule has 0 spiro atoms. The van der Waals surface area contributed by atoms with Crippen molar-refractivity contribution in [1.29, 1.82) is 0 Å². The van der Waals surface area contributed by atoms with E-state index in [0.29, 0.717) is 5.56 Å². The second-order valence-electron chi connectivity index (χ2n) is 8.41. The van der Waals surface area contributed by atoms with Crippen LogP contribution in [0.1, 0.15) is 83.8 Å². The number of hydrogen-bond donors (Lipinski definition) is 1. The van der Waals surface area contributed by atoms with E-state index in [9.17, 15) is 9.59 Å². The molecule has 0 unspecified atom stereocenters. The number of rotatable bonds is 3. The lowest BCUT2D eigenvalue weighted by Crippen LogP contribution is -2.34. The molecular weight excluding hydrogens is 328 g/mol. The second-order valence-corrected chi connectivity index (χ2v) is 8.41. The van der Waals surface area contributed by atoms with Crippen LogP contribution in [-0.2, 0) is 10.8 Å². The topological polar surface area (TPSA) is 80.2 Å². The molecule has 1 aromatic heterocycles. The van der Waals surface area contributed by atoms with E-state index in [1.54, 1.807) is 0 Å². The van der Waals surface area contributed by atoms with Crippen molar-refractivity contribution in [1.82, 2.24) is 9.97 Å². The SMILES string of the molecule is Cc1cc2c(cc1C(=O)c1ncc(C(=O)O)cn1)C(C)(C)CCC2(C)C. The molecular formula is C21H24N2O3. The highest BCUT2D eigenvalue weighted by Gasteiger charge is 2.38. The standard InChI is InChI=1S/C21H24N2O3/c1-12-8-15-16(21(4,5)7-6-20(15,2)3)9-14(12)17(24)18-22-10-13(11-23-18)19(25)26/h8-11H,6-7H2,1-5H3,(H,25,26). The van der Waals surface area contributed by atoms with Gasteiger partial charge in [-0.05, 0) is 53.4 Å². The normalized spacial score (nSPS) is 17.4. The summed E-state index contributed by atoms with van der Waals surface area (Å²) in [5, 5.41) is 8.95. The minimum atomic E-state index is -1.11. The summed E-state index contributed by atoms with van der Waals surface area (Å²) in [6, 6.07) is 4.11. The number of ketones is 1. The van der Waals surface area contributed by atoms with Crippen LogP contribution in [0.2, 0.25) is 0 Å². The van der Waals surface area contributed by atoms with Gasteiger partial charge in [0.05, 0.1) is 5.56 Å². The van der Waals surface area contributed by atoms with E-state index in [2.05, 4.69) is 43.7 Å². The van der Waals surface area contributed by atoms with Gasteiger partial charge < -0.3 is 5.11 Å². The molecule has 0 fully saturated rings. The van der Waals surface area contributed by atoms with Crippen LogP contribution in [0.15, 0.2) is 24.5 Å². The summed E-state index contributed by atoms with van der Waals surface area (Å²) in [5.74, 6) is -1.37. The Balaban J connectivity index is 2.09. The first-order valence-electron chi connectivity index (χ1n) is 8.78. The summed E-state index contributed by atoms with van der Waals surface area (Å²) < 4.78 is 0. The molecule has 2 aromatic rings. The number of aromatic nitrogens is 2. The highest BCUT2D eigenvalue weighted by molar-refractivity contribution is 6.07.